The minimum atomic E-state index is -0.738. The molecule has 3 amide bonds. The van der Waals surface area contributed by atoms with Gasteiger partial charge in [0.1, 0.15) is 11.9 Å². The third kappa shape index (κ3) is 6.32. The number of amides is 3. The predicted molar refractivity (Wildman–Crippen MR) is 131 cm³/mol. The maximum absolute atomic E-state index is 13.6. The van der Waals surface area contributed by atoms with Gasteiger partial charge >= 0.3 is 0 Å². The molecular formula is C28H28FN3O3. The molecule has 1 aliphatic rings. The van der Waals surface area contributed by atoms with Crippen molar-refractivity contribution in [3.05, 3.63) is 107 Å². The van der Waals surface area contributed by atoms with Crippen LogP contribution in [0.25, 0.3) is 0 Å². The van der Waals surface area contributed by atoms with Gasteiger partial charge in [-0.2, -0.15) is 0 Å². The summed E-state index contributed by atoms with van der Waals surface area (Å²) in [6.45, 7) is 1.20. The van der Waals surface area contributed by atoms with Crippen LogP contribution in [0, 0.1) is 11.7 Å². The molecule has 2 N–H and O–H groups in total. The van der Waals surface area contributed by atoms with Gasteiger partial charge in [-0.15, -0.1) is 0 Å². The van der Waals surface area contributed by atoms with Gasteiger partial charge in [-0.05, 0) is 54.7 Å². The van der Waals surface area contributed by atoms with E-state index in [2.05, 4.69) is 10.6 Å². The second-order valence-corrected chi connectivity index (χ2v) is 8.66. The van der Waals surface area contributed by atoms with E-state index in [1.54, 1.807) is 35.2 Å². The molecule has 0 aromatic heterocycles. The summed E-state index contributed by atoms with van der Waals surface area (Å²) in [5.74, 6) is -1.40. The number of hydrogen-bond donors (Lipinski definition) is 2. The van der Waals surface area contributed by atoms with Gasteiger partial charge < -0.3 is 15.5 Å². The minimum Gasteiger partial charge on any atom is -0.350 e. The molecule has 180 valence electrons. The van der Waals surface area contributed by atoms with Crippen LogP contribution < -0.4 is 10.6 Å². The van der Waals surface area contributed by atoms with Crippen molar-refractivity contribution in [3.8, 4) is 0 Å². The maximum Gasteiger partial charge on any atom is 0.253 e. The molecule has 35 heavy (non-hydrogen) atoms. The van der Waals surface area contributed by atoms with Crippen molar-refractivity contribution in [2.75, 3.05) is 13.1 Å². The van der Waals surface area contributed by atoms with E-state index in [0.29, 0.717) is 43.6 Å². The fourth-order valence-corrected chi connectivity index (χ4v) is 4.35. The largest absolute Gasteiger partial charge is 0.350 e. The first kappa shape index (κ1) is 24.1. The highest BCUT2D eigenvalue weighted by Crippen LogP contribution is 2.23. The van der Waals surface area contributed by atoms with Crippen molar-refractivity contribution >= 4 is 17.7 Å². The van der Waals surface area contributed by atoms with Crippen molar-refractivity contribution in [1.82, 2.24) is 15.5 Å². The van der Waals surface area contributed by atoms with Crippen LogP contribution in [-0.2, 0) is 11.3 Å². The van der Waals surface area contributed by atoms with Crippen molar-refractivity contribution in [3.63, 3.8) is 0 Å². The molecule has 1 atom stereocenters. The summed E-state index contributed by atoms with van der Waals surface area (Å²) in [7, 11) is 0. The summed E-state index contributed by atoms with van der Waals surface area (Å²) in [4.78, 5) is 40.5. The van der Waals surface area contributed by atoms with Gasteiger partial charge in [-0.1, -0.05) is 54.6 Å². The summed E-state index contributed by atoms with van der Waals surface area (Å²) in [6.07, 6.45) is 1.08. The number of carbonyl (C=O) groups is 3. The molecule has 6 nitrogen and oxygen atoms in total. The van der Waals surface area contributed by atoms with E-state index >= 15 is 0 Å². The quantitative estimate of drug-likeness (QED) is 0.548. The van der Waals surface area contributed by atoms with Crippen LogP contribution in [0.1, 0.15) is 39.1 Å². The average molecular weight is 474 g/mol. The smallest absolute Gasteiger partial charge is 0.253 e. The first-order valence-electron chi connectivity index (χ1n) is 11.7. The fourth-order valence-electron chi connectivity index (χ4n) is 4.35. The van der Waals surface area contributed by atoms with Crippen molar-refractivity contribution in [1.29, 1.82) is 0 Å². The number of carbonyl (C=O) groups excluding carboxylic acids is 3. The topological polar surface area (TPSA) is 78.5 Å². The second-order valence-electron chi connectivity index (χ2n) is 8.66. The highest BCUT2D eigenvalue weighted by molar-refractivity contribution is 5.97. The zero-order valence-electron chi connectivity index (χ0n) is 19.3. The van der Waals surface area contributed by atoms with E-state index in [1.807, 2.05) is 36.4 Å². The van der Waals surface area contributed by atoms with E-state index in [1.165, 1.54) is 18.2 Å². The summed E-state index contributed by atoms with van der Waals surface area (Å²) in [5, 5.41) is 5.86. The Morgan fingerprint density at radius 3 is 2.14 bits per heavy atom. The number of likely N-dealkylation sites (tertiary alicyclic amines) is 1. The Balaban J connectivity index is 1.44. The van der Waals surface area contributed by atoms with Crippen LogP contribution in [-0.4, -0.2) is 41.8 Å². The molecule has 0 bridgehead atoms. The zero-order chi connectivity index (χ0) is 24.6. The van der Waals surface area contributed by atoms with E-state index in [9.17, 15) is 18.8 Å². The molecule has 7 heteroatoms. The minimum absolute atomic E-state index is 0.144. The molecule has 4 rings (SSSR count). The van der Waals surface area contributed by atoms with Crippen molar-refractivity contribution < 1.29 is 18.8 Å². The number of nitrogens with zero attached hydrogens (tertiary/aromatic N) is 1. The van der Waals surface area contributed by atoms with Crippen LogP contribution in [0.2, 0.25) is 0 Å². The fraction of sp³-hybridized carbons (Fsp3) is 0.250. The number of nitrogens with one attached hydrogen (secondary N) is 2. The lowest BCUT2D eigenvalue weighted by Gasteiger charge is -2.36. The molecular weight excluding hydrogens is 445 g/mol. The molecule has 0 spiro atoms. The SMILES string of the molecule is O=C(NC(C(=O)NCc1ccccc1)C1CCN(C(=O)c2cccc(F)c2)CC1)c1ccccc1. The van der Waals surface area contributed by atoms with Gasteiger partial charge in [0, 0.05) is 30.8 Å². The Hall–Kier alpha value is -4.00. The van der Waals surface area contributed by atoms with E-state index in [4.69, 9.17) is 0 Å². The molecule has 1 unspecified atom stereocenters. The van der Waals surface area contributed by atoms with Crippen LogP contribution in [0.4, 0.5) is 4.39 Å². The Morgan fingerprint density at radius 2 is 1.49 bits per heavy atom. The third-order valence-corrected chi connectivity index (χ3v) is 6.28. The van der Waals surface area contributed by atoms with Crippen molar-refractivity contribution in [2.45, 2.75) is 25.4 Å². The van der Waals surface area contributed by atoms with Gasteiger partial charge in [0.15, 0.2) is 0 Å². The molecule has 0 saturated carbocycles. The van der Waals surface area contributed by atoms with Crippen LogP contribution in [0.3, 0.4) is 0 Å². The van der Waals surface area contributed by atoms with Crippen LogP contribution >= 0.6 is 0 Å². The Morgan fingerprint density at radius 1 is 0.857 bits per heavy atom. The van der Waals surface area contributed by atoms with Crippen LogP contribution in [0.5, 0.6) is 0 Å². The molecule has 3 aromatic carbocycles. The highest BCUT2D eigenvalue weighted by Gasteiger charge is 2.34. The lowest BCUT2D eigenvalue weighted by Crippen LogP contribution is -2.53. The number of halogens is 1. The monoisotopic (exact) mass is 473 g/mol. The van der Waals surface area contributed by atoms with Gasteiger partial charge in [-0.25, -0.2) is 4.39 Å². The summed E-state index contributed by atoms with van der Waals surface area (Å²) in [6, 6.07) is 23.3. The highest BCUT2D eigenvalue weighted by atomic mass is 19.1. The normalized spacial score (nSPS) is 14.7. The molecule has 0 aliphatic carbocycles. The molecule has 1 heterocycles. The van der Waals surface area contributed by atoms with E-state index in [-0.39, 0.29) is 23.6 Å². The number of piperidine rings is 1. The second kappa shape index (κ2) is 11.4. The third-order valence-electron chi connectivity index (χ3n) is 6.28. The summed E-state index contributed by atoms with van der Waals surface area (Å²) >= 11 is 0. The zero-order valence-corrected chi connectivity index (χ0v) is 19.3. The standard InChI is InChI=1S/C28H28FN3O3/c29-24-13-7-12-23(18-24)28(35)32-16-14-21(15-17-32)25(31-26(33)22-10-5-2-6-11-22)27(34)30-19-20-8-3-1-4-9-20/h1-13,18,21,25H,14-17,19H2,(H,30,34)(H,31,33). The van der Waals surface area contributed by atoms with E-state index < -0.39 is 11.9 Å². The van der Waals surface area contributed by atoms with E-state index in [0.717, 1.165) is 5.56 Å². The maximum atomic E-state index is 13.6. The molecule has 3 aromatic rings. The number of rotatable bonds is 7. The molecule has 1 aliphatic heterocycles. The lowest BCUT2D eigenvalue weighted by molar-refractivity contribution is -0.124. The molecule has 1 saturated heterocycles. The summed E-state index contributed by atoms with van der Waals surface area (Å²) in [5.41, 5.74) is 1.74. The lowest BCUT2D eigenvalue weighted by atomic mass is 9.88. The first-order valence-corrected chi connectivity index (χ1v) is 11.7. The average Bonchev–Trinajstić information content (AvgIpc) is 2.91. The Kier molecular flexibility index (Phi) is 7.88. The Bertz CT molecular complexity index is 1160. The number of hydrogen-bond acceptors (Lipinski definition) is 3. The van der Waals surface area contributed by atoms with Gasteiger partial charge in [0.25, 0.3) is 11.8 Å². The van der Waals surface area contributed by atoms with Crippen molar-refractivity contribution in [2.24, 2.45) is 5.92 Å². The summed E-state index contributed by atoms with van der Waals surface area (Å²) < 4.78 is 13.6. The number of benzene rings is 3. The van der Waals surface area contributed by atoms with Gasteiger partial charge in [-0.3, -0.25) is 14.4 Å². The molecule has 0 radical (unpaired) electrons. The van der Waals surface area contributed by atoms with Gasteiger partial charge in [0.05, 0.1) is 0 Å². The van der Waals surface area contributed by atoms with Gasteiger partial charge in [0.2, 0.25) is 5.91 Å². The predicted octanol–water partition coefficient (Wildman–Crippen LogP) is 3.79. The molecule has 1 fully saturated rings. The first-order chi connectivity index (χ1) is 17.0. The Labute approximate surface area is 204 Å². The van der Waals surface area contributed by atoms with Crippen LogP contribution in [0.15, 0.2) is 84.9 Å².